The molecular weight excluding hydrogens is 278 g/mol. The smallest absolute Gasteiger partial charge is 0.227 e. The summed E-state index contributed by atoms with van der Waals surface area (Å²) < 4.78 is 5.10. The van der Waals surface area contributed by atoms with Crippen molar-refractivity contribution >= 4 is 18.3 Å². The third-order valence-electron chi connectivity index (χ3n) is 4.07. The van der Waals surface area contributed by atoms with Crippen molar-refractivity contribution in [3.63, 3.8) is 0 Å². The zero-order valence-corrected chi connectivity index (χ0v) is 13.6. The molecule has 0 aliphatic heterocycles. The highest BCUT2D eigenvalue weighted by atomic mass is 35.5. The Labute approximate surface area is 127 Å². The van der Waals surface area contributed by atoms with Gasteiger partial charge in [-0.1, -0.05) is 19.0 Å². The molecule has 5 nitrogen and oxygen atoms in total. The zero-order chi connectivity index (χ0) is 14.5. The molecule has 0 aromatic carbocycles. The summed E-state index contributed by atoms with van der Waals surface area (Å²) in [5.74, 6) is 0.870. The van der Waals surface area contributed by atoms with Gasteiger partial charge in [-0.15, -0.1) is 12.4 Å². The Bertz CT molecular complexity index is 400. The van der Waals surface area contributed by atoms with E-state index in [2.05, 4.69) is 10.5 Å². The Kier molecular flexibility index (Phi) is 7.83. The largest absolute Gasteiger partial charge is 0.361 e. The molecule has 0 bridgehead atoms. The highest BCUT2D eigenvalue weighted by Gasteiger charge is 2.32. The van der Waals surface area contributed by atoms with Crippen LogP contribution in [0.15, 0.2) is 4.52 Å². The number of carbonyl (C=O) groups is 1. The Morgan fingerprint density at radius 2 is 1.95 bits per heavy atom. The SMILES string of the molecule is CCC(CC)(CN)C(=O)NCCc1c(C)noc1C.Cl. The molecule has 0 radical (unpaired) electrons. The lowest BCUT2D eigenvalue weighted by Gasteiger charge is -2.28. The summed E-state index contributed by atoms with van der Waals surface area (Å²) in [7, 11) is 0. The summed E-state index contributed by atoms with van der Waals surface area (Å²) in [5, 5.41) is 6.88. The van der Waals surface area contributed by atoms with Crippen molar-refractivity contribution < 1.29 is 9.32 Å². The van der Waals surface area contributed by atoms with Crippen LogP contribution in [-0.4, -0.2) is 24.2 Å². The minimum absolute atomic E-state index is 0. The number of halogens is 1. The van der Waals surface area contributed by atoms with Gasteiger partial charge in [-0.2, -0.15) is 0 Å². The van der Waals surface area contributed by atoms with Gasteiger partial charge in [0.15, 0.2) is 0 Å². The number of nitrogens with one attached hydrogen (secondary N) is 1. The van der Waals surface area contributed by atoms with Crippen molar-refractivity contribution in [1.82, 2.24) is 10.5 Å². The monoisotopic (exact) mass is 303 g/mol. The van der Waals surface area contributed by atoms with Gasteiger partial charge in [-0.3, -0.25) is 4.79 Å². The van der Waals surface area contributed by atoms with Crippen molar-refractivity contribution in [2.24, 2.45) is 11.1 Å². The van der Waals surface area contributed by atoms with E-state index in [0.29, 0.717) is 13.1 Å². The molecule has 0 fully saturated rings. The molecule has 1 heterocycles. The number of hydrogen-bond acceptors (Lipinski definition) is 4. The fourth-order valence-corrected chi connectivity index (χ4v) is 2.30. The molecule has 6 heteroatoms. The van der Waals surface area contributed by atoms with Gasteiger partial charge < -0.3 is 15.6 Å². The summed E-state index contributed by atoms with van der Waals surface area (Å²) in [6, 6.07) is 0. The fraction of sp³-hybridized carbons (Fsp3) is 0.714. The number of rotatable bonds is 7. The van der Waals surface area contributed by atoms with Crippen LogP contribution in [0.3, 0.4) is 0 Å². The topological polar surface area (TPSA) is 81.2 Å². The van der Waals surface area contributed by atoms with E-state index < -0.39 is 5.41 Å². The van der Waals surface area contributed by atoms with Crippen LogP contribution < -0.4 is 11.1 Å². The average molecular weight is 304 g/mol. The van der Waals surface area contributed by atoms with Gasteiger partial charge in [-0.25, -0.2) is 0 Å². The van der Waals surface area contributed by atoms with E-state index in [1.54, 1.807) is 0 Å². The number of nitrogens with zero attached hydrogens (tertiary/aromatic N) is 1. The molecule has 1 aromatic rings. The molecule has 3 N–H and O–H groups in total. The van der Waals surface area contributed by atoms with Gasteiger partial charge in [-0.05, 0) is 33.1 Å². The van der Waals surface area contributed by atoms with Crippen LogP contribution in [0, 0.1) is 19.3 Å². The van der Waals surface area contributed by atoms with Crippen LogP contribution >= 0.6 is 12.4 Å². The summed E-state index contributed by atoms with van der Waals surface area (Å²) in [5.41, 5.74) is 7.29. The molecule has 0 spiro atoms. The van der Waals surface area contributed by atoms with E-state index in [1.807, 2.05) is 27.7 Å². The van der Waals surface area contributed by atoms with Crippen molar-refractivity contribution in [2.45, 2.75) is 47.0 Å². The van der Waals surface area contributed by atoms with E-state index in [1.165, 1.54) is 0 Å². The van der Waals surface area contributed by atoms with Crippen LogP contribution in [-0.2, 0) is 11.2 Å². The molecular formula is C14H26ClN3O2. The first-order valence-corrected chi connectivity index (χ1v) is 6.90. The lowest BCUT2D eigenvalue weighted by Crippen LogP contribution is -2.45. The van der Waals surface area contributed by atoms with Crippen molar-refractivity contribution in [2.75, 3.05) is 13.1 Å². The molecule has 0 aliphatic carbocycles. The summed E-state index contributed by atoms with van der Waals surface area (Å²) in [6.45, 7) is 8.78. The Morgan fingerprint density at radius 3 is 2.35 bits per heavy atom. The highest BCUT2D eigenvalue weighted by molar-refractivity contribution is 5.85. The van der Waals surface area contributed by atoms with Gasteiger partial charge >= 0.3 is 0 Å². The van der Waals surface area contributed by atoms with E-state index >= 15 is 0 Å². The second-order valence-corrected chi connectivity index (χ2v) is 5.00. The van der Waals surface area contributed by atoms with Gasteiger partial charge in [0.05, 0.1) is 11.1 Å². The maximum Gasteiger partial charge on any atom is 0.227 e. The zero-order valence-electron chi connectivity index (χ0n) is 12.8. The molecule has 1 amide bonds. The standard InChI is InChI=1S/C14H25N3O2.ClH/c1-5-14(6-2,9-15)13(18)16-8-7-12-10(3)17-19-11(12)4;/h5-9,15H2,1-4H3,(H,16,18);1H. The third kappa shape index (κ3) is 3.96. The maximum atomic E-state index is 12.2. The van der Waals surface area contributed by atoms with Gasteiger partial charge in [0, 0.05) is 18.7 Å². The highest BCUT2D eigenvalue weighted by Crippen LogP contribution is 2.24. The lowest BCUT2D eigenvalue weighted by molar-refractivity contribution is -0.131. The average Bonchev–Trinajstić information content (AvgIpc) is 2.73. The van der Waals surface area contributed by atoms with Crippen LogP contribution in [0.1, 0.15) is 43.7 Å². The van der Waals surface area contributed by atoms with Crippen molar-refractivity contribution in [3.05, 3.63) is 17.0 Å². The minimum atomic E-state index is -0.432. The summed E-state index contributed by atoms with van der Waals surface area (Å²) in [6.07, 6.45) is 2.26. The van der Waals surface area contributed by atoms with Crippen molar-refractivity contribution in [3.8, 4) is 0 Å². The van der Waals surface area contributed by atoms with Crippen LogP contribution in [0.4, 0.5) is 0 Å². The first-order chi connectivity index (χ1) is 9.00. The Morgan fingerprint density at radius 1 is 1.35 bits per heavy atom. The first-order valence-electron chi connectivity index (χ1n) is 6.90. The van der Waals surface area contributed by atoms with Crippen LogP contribution in [0.2, 0.25) is 0 Å². The summed E-state index contributed by atoms with van der Waals surface area (Å²) >= 11 is 0. The molecule has 20 heavy (non-hydrogen) atoms. The second kappa shape index (κ2) is 8.27. The number of carbonyl (C=O) groups excluding carboxylic acids is 1. The van der Waals surface area contributed by atoms with E-state index in [-0.39, 0.29) is 18.3 Å². The van der Waals surface area contributed by atoms with Crippen LogP contribution in [0.5, 0.6) is 0 Å². The van der Waals surface area contributed by atoms with E-state index in [4.69, 9.17) is 10.3 Å². The van der Waals surface area contributed by atoms with Gasteiger partial charge in [0.25, 0.3) is 0 Å². The third-order valence-corrected chi connectivity index (χ3v) is 4.07. The Hall–Kier alpha value is -1.07. The molecule has 1 rings (SSSR count). The van der Waals surface area contributed by atoms with Crippen molar-refractivity contribution in [1.29, 1.82) is 0 Å². The van der Waals surface area contributed by atoms with Gasteiger partial charge in [0.1, 0.15) is 5.76 Å². The maximum absolute atomic E-state index is 12.2. The molecule has 0 aliphatic rings. The Balaban J connectivity index is 0.00000361. The van der Waals surface area contributed by atoms with Gasteiger partial charge in [0.2, 0.25) is 5.91 Å². The first kappa shape index (κ1) is 18.9. The fourth-order valence-electron chi connectivity index (χ4n) is 2.30. The predicted molar refractivity (Wildman–Crippen MR) is 82.0 cm³/mol. The predicted octanol–water partition coefficient (Wildman–Crippen LogP) is 2.14. The molecule has 116 valence electrons. The van der Waals surface area contributed by atoms with E-state index in [0.717, 1.165) is 36.3 Å². The van der Waals surface area contributed by atoms with Crippen LogP contribution in [0.25, 0.3) is 0 Å². The molecule has 0 saturated carbocycles. The number of hydrogen-bond donors (Lipinski definition) is 2. The molecule has 1 aromatic heterocycles. The molecule has 0 unspecified atom stereocenters. The number of aromatic nitrogens is 1. The number of amides is 1. The summed E-state index contributed by atoms with van der Waals surface area (Å²) in [4.78, 5) is 12.2. The number of nitrogens with two attached hydrogens (primary N) is 1. The quantitative estimate of drug-likeness (QED) is 0.808. The second-order valence-electron chi connectivity index (χ2n) is 5.00. The normalized spacial score (nSPS) is 11.1. The lowest BCUT2D eigenvalue weighted by atomic mass is 9.81. The minimum Gasteiger partial charge on any atom is -0.361 e. The molecule has 0 atom stereocenters. The van der Waals surface area contributed by atoms with E-state index in [9.17, 15) is 4.79 Å². The molecule has 0 saturated heterocycles. The number of aryl methyl sites for hydroxylation is 2.